The molecule has 2 unspecified atom stereocenters. The van der Waals surface area contributed by atoms with Crippen LogP contribution in [0.4, 0.5) is 4.79 Å². The molecular formula is C15H26O3S. The third-order valence-electron chi connectivity index (χ3n) is 2.81. The van der Waals surface area contributed by atoms with Crippen molar-refractivity contribution in [3.63, 3.8) is 0 Å². The quantitative estimate of drug-likeness (QED) is 0.563. The average Bonchev–Trinajstić information content (AvgIpc) is 2.25. The topological polar surface area (TPSA) is 35.5 Å². The van der Waals surface area contributed by atoms with Crippen LogP contribution in [0.5, 0.6) is 0 Å². The Bertz CT molecular complexity index is 307. The number of ether oxygens (including phenoxy) is 2. The van der Waals surface area contributed by atoms with E-state index in [0.717, 1.165) is 31.4 Å². The van der Waals surface area contributed by atoms with E-state index in [1.807, 2.05) is 13.0 Å². The van der Waals surface area contributed by atoms with Gasteiger partial charge in [0.1, 0.15) is 6.10 Å². The van der Waals surface area contributed by atoms with E-state index >= 15 is 0 Å². The first-order valence-corrected chi connectivity index (χ1v) is 8.07. The Morgan fingerprint density at radius 3 is 2.68 bits per heavy atom. The molecule has 0 aromatic heterocycles. The van der Waals surface area contributed by atoms with Crippen LogP contribution in [-0.2, 0) is 9.47 Å². The third kappa shape index (κ3) is 7.63. The van der Waals surface area contributed by atoms with Gasteiger partial charge in [-0.05, 0) is 64.3 Å². The minimum absolute atomic E-state index is 0.0991. The molecule has 1 aliphatic rings. The van der Waals surface area contributed by atoms with Crippen LogP contribution in [0, 0.1) is 0 Å². The normalized spacial score (nSPS) is 26.3. The number of carbonyl (C=O) groups is 1. The second-order valence-corrected chi connectivity index (χ2v) is 6.97. The molecule has 19 heavy (non-hydrogen) atoms. The number of allylic oxidation sites excluding steroid dienone is 1. The van der Waals surface area contributed by atoms with Gasteiger partial charge in [0.15, 0.2) is 0 Å². The van der Waals surface area contributed by atoms with Gasteiger partial charge >= 0.3 is 5.30 Å². The summed E-state index contributed by atoms with van der Waals surface area (Å²) in [6.45, 7) is 8.19. The highest BCUT2D eigenvalue weighted by Gasteiger charge is 2.22. The average molecular weight is 286 g/mol. The van der Waals surface area contributed by atoms with E-state index in [1.165, 1.54) is 11.8 Å². The van der Waals surface area contributed by atoms with E-state index in [4.69, 9.17) is 9.47 Å². The number of carbonyl (C=O) groups excluding carboxylic acids is 1. The maximum atomic E-state index is 11.5. The van der Waals surface area contributed by atoms with Crippen LogP contribution in [0.3, 0.4) is 0 Å². The third-order valence-corrected chi connectivity index (χ3v) is 3.43. The number of thioether (sulfide) groups is 1. The molecule has 1 aliphatic carbocycles. The predicted octanol–water partition coefficient (Wildman–Crippen LogP) is 4.56. The lowest BCUT2D eigenvalue weighted by molar-refractivity contribution is -0.0693. The monoisotopic (exact) mass is 286 g/mol. The molecule has 0 saturated heterocycles. The Hall–Kier alpha value is -0.480. The van der Waals surface area contributed by atoms with Gasteiger partial charge in [0.2, 0.25) is 0 Å². The van der Waals surface area contributed by atoms with Crippen LogP contribution in [-0.4, -0.2) is 28.9 Å². The first-order valence-electron chi connectivity index (χ1n) is 7.08. The lowest BCUT2D eigenvalue weighted by Crippen LogP contribution is -2.29. The fourth-order valence-corrected chi connectivity index (χ4v) is 2.54. The van der Waals surface area contributed by atoms with Gasteiger partial charge in [-0.25, -0.2) is 4.79 Å². The maximum absolute atomic E-state index is 11.5. The fourth-order valence-electron chi connectivity index (χ4n) is 2.11. The van der Waals surface area contributed by atoms with Crippen molar-refractivity contribution >= 4 is 17.1 Å². The summed E-state index contributed by atoms with van der Waals surface area (Å²) in [6.07, 6.45) is 8.08. The van der Waals surface area contributed by atoms with Gasteiger partial charge in [-0.2, -0.15) is 0 Å². The standard InChI is InChI=1S/C15H26O3S/c1-5-19-14(16)17-12-8-6-7-9-13(11-10-12)18-15(2,3)4/h6,8,12-13H,5,7,9-11H2,1-4H3/b8-6+. The largest absolute Gasteiger partial charge is 0.450 e. The Balaban J connectivity index is 2.46. The first kappa shape index (κ1) is 16.6. The van der Waals surface area contributed by atoms with Crippen LogP contribution in [0.25, 0.3) is 0 Å². The lowest BCUT2D eigenvalue weighted by Gasteiger charge is -2.29. The first-order chi connectivity index (χ1) is 8.90. The molecule has 0 amide bonds. The van der Waals surface area contributed by atoms with Crippen molar-refractivity contribution in [2.45, 2.75) is 71.2 Å². The summed E-state index contributed by atoms with van der Waals surface area (Å²) >= 11 is 1.22. The summed E-state index contributed by atoms with van der Waals surface area (Å²) in [7, 11) is 0. The fraction of sp³-hybridized carbons (Fsp3) is 0.800. The van der Waals surface area contributed by atoms with Crippen molar-refractivity contribution in [1.82, 2.24) is 0 Å². The number of hydrogen-bond donors (Lipinski definition) is 0. The van der Waals surface area contributed by atoms with Gasteiger partial charge < -0.3 is 9.47 Å². The van der Waals surface area contributed by atoms with Gasteiger partial charge in [0.05, 0.1) is 11.7 Å². The summed E-state index contributed by atoms with van der Waals surface area (Å²) < 4.78 is 11.5. The Labute approximate surface area is 121 Å². The van der Waals surface area contributed by atoms with Crippen molar-refractivity contribution in [2.75, 3.05) is 5.75 Å². The van der Waals surface area contributed by atoms with Crippen molar-refractivity contribution in [3.8, 4) is 0 Å². The smallest absolute Gasteiger partial charge is 0.367 e. The summed E-state index contributed by atoms with van der Waals surface area (Å²) in [5, 5.41) is -0.175. The molecule has 0 heterocycles. The molecule has 0 fully saturated rings. The molecule has 1 rings (SSSR count). The highest BCUT2D eigenvalue weighted by Crippen LogP contribution is 2.23. The molecule has 110 valence electrons. The maximum Gasteiger partial charge on any atom is 0.367 e. The van der Waals surface area contributed by atoms with E-state index in [0.29, 0.717) is 0 Å². The van der Waals surface area contributed by atoms with Crippen molar-refractivity contribution in [2.24, 2.45) is 0 Å². The Morgan fingerprint density at radius 2 is 2.05 bits per heavy atom. The highest BCUT2D eigenvalue weighted by molar-refractivity contribution is 8.13. The van der Waals surface area contributed by atoms with Crippen LogP contribution in [0.15, 0.2) is 12.2 Å². The van der Waals surface area contributed by atoms with Crippen LogP contribution < -0.4 is 0 Å². The number of hydrogen-bond acceptors (Lipinski definition) is 4. The van der Waals surface area contributed by atoms with Gasteiger partial charge in [-0.15, -0.1) is 0 Å². The van der Waals surface area contributed by atoms with Gasteiger partial charge in [-0.1, -0.05) is 13.0 Å². The molecule has 0 bridgehead atoms. The summed E-state index contributed by atoms with van der Waals surface area (Å²) in [5.74, 6) is 0.755. The minimum Gasteiger partial charge on any atom is -0.450 e. The van der Waals surface area contributed by atoms with E-state index in [-0.39, 0.29) is 23.1 Å². The summed E-state index contributed by atoms with van der Waals surface area (Å²) in [4.78, 5) is 11.5. The van der Waals surface area contributed by atoms with E-state index in [1.54, 1.807) is 0 Å². The Morgan fingerprint density at radius 1 is 1.32 bits per heavy atom. The second kappa shape index (κ2) is 7.95. The minimum atomic E-state index is -0.175. The molecule has 2 atom stereocenters. The lowest BCUT2D eigenvalue weighted by atomic mass is 10.0. The van der Waals surface area contributed by atoms with Crippen molar-refractivity contribution in [1.29, 1.82) is 0 Å². The molecule has 0 radical (unpaired) electrons. The summed E-state index contributed by atoms with van der Waals surface area (Å²) in [5.41, 5.74) is -0.113. The van der Waals surface area contributed by atoms with E-state index in [9.17, 15) is 4.79 Å². The summed E-state index contributed by atoms with van der Waals surface area (Å²) in [6, 6.07) is 0. The van der Waals surface area contributed by atoms with Crippen LogP contribution in [0.1, 0.15) is 53.4 Å². The highest BCUT2D eigenvalue weighted by atomic mass is 32.2. The zero-order valence-electron chi connectivity index (χ0n) is 12.5. The zero-order chi connectivity index (χ0) is 14.3. The van der Waals surface area contributed by atoms with E-state index in [2.05, 4.69) is 26.8 Å². The predicted molar refractivity (Wildman–Crippen MR) is 80.6 cm³/mol. The van der Waals surface area contributed by atoms with Crippen LogP contribution >= 0.6 is 11.8 Å². The Kier molecular flexibility index (Phi) is 6.94. The molecule has 4 heteroatoms. The molecule has 0 N–H and O–H groups in total. The molecule has 0 spiro atoms. The molecule has 3 nitrogen and oxygen atoms in total. The molecular weight excluding hydrogens is 260 g/mol. The molecule has 0 aromatic carbocycles. The second-order valence-electron chi connectivity index (χ2n) is 5.77. The zero-order valence-corrected chi connectivity index (χ0v) is 13.3. The van der Waals surface area contributed by atoms with E-state index < -0.39 is 0 Å². The van der Waals surface area contributed by atoms with Crippen LogP contribution in [0.2, 0.25) is 0 Å². The van der Waals surface area contributed by atoms with Gasteiger partial charge in [0.25, 0.3) is 0 Å². The SMILES string of the molecule is CCSC(=O)OC1/C=C/CCC(OC(C)(C)C)CC1. The van der Waals surface area contributed by atoms with Crippen molar-refractivity contribution in [3.05, 3.63) is 12.2 Å². The van der Waals surface area contributed by atoms with Gasteiger partial charge in [0, 0.05) is 5.75 Å². The molecule has 0 saturated carbocycles. The molecule has 0 aromatic rings. The number of rotatable bonds is 3. The van der Waals surface area contributed by atoms with Crippen molar-refractivity contribution < 1.29 is 14.3 Å². The van der Waals surface area contributed by atoms with Gasteiger partial charge in [-0.3, -0.25) is 0 Å². The molecule has 0 aliphatic heterocycles.